The van der Waals surface area contributed by atoms with Gasteiger partial charge in [0.25, 0.3) is 0 Å². The van der Waals surface area contributed by atoms with Gasteiger partial charge in [-0.1, -0.05) is 243 Å². The number of hydrogen-bond donors (Lipinski definition) is 4. The van der Waals surface area contributed by atoms with E-state index in [1.54, 1.807) is 0 Å². The first-order valence-corrected chi connectivity index (χ1v) is 28.6. The summed E-state index contributed by atoms with van der Waals surface area (Å²) in [7, 11) is 0. The van der Waals surface area contributed by atoms with Crippen LogP contribution in [0.25, 0.3) is 0 Å². The lowest BCUT2D eigenvalue weighted by Crippen LogP contribution is -2.59. The van der Waals surface area contributed by atoms with Crippen LogP contribution in [0.4, 0.5) is 0 Å². The number of aliphatic hydroxyl groups excluding tert-OH is 4. The SMILES string of the molecule is CCCCCCC/C=C\C/C=C\C/C=C\CCCCCCCCCCCOCC(COC1OC(CO)C(O)C(O)C1O)OC(=O)CCCCCCCCCCCCCCCCCCCCCC. The van der Waals surface area contributed by atoms with Crippen LogP contribution in [0, 0.1) is 0 Å². The van der Waals surface area contributed by atoms with E-state index >= 15 is 0 Å². The van der Waals surface area contributed by atoms with Gasteiger partial charge in [-0.15, -0.1) is 0 Å². The Bertz CT molecular complexity index is 1130. The number of rotatable bonds is 50. The normalized spacial score (nSPS) is 19.4. The van der Waals surface area contributed by atoms with Crippen molar-refractivity contribution in [1.29, 1.82) is 0 Å². The van der Waals surface area contributed by atoms with Crippen LogP contribution in [-0.4, -0.2) is 89.6 Å². The van der Waals surface area contributed by atoms with Crippen molar-refractivity contribution in [2.45, 2.75) is 301 Å². The van der Waals surface area contributed by atoms with Crippen molar-refractivity contribution in [2.24, 2.45) is 0 Å². The molecule has 4 N–H and O–H groups in total. The van der Waals surface area contributed by atoms with Crippen molar-refractivity contribution in [2.75, 3.05) is 26.4 Å². The summed E-state index contributed by atoms with van der Waals surface area (Å²) in [6, 6.07) is 0. The third-order valence-corrected chi connectivity index (χ3v) is 13.3. The monoisotopic (exact) mass is 949 g/mol. The second kappa shape index (κ2) is 49.4. The van der Waals surface area contributed by atoms with E-state index in [1.807, 2.05) is 0 Å². The van der Waals surface area contributed by atoms with Gasteiger partial charge in [-0.3, -0.25) is 4.79 Å². The van der Waals surface area contributed by atoms with Crippen LogP contribution in [0.3, 0.4) is 0 Å². The van der Waals surface area contributed by atoms with Gasteiger partial charge in [0.15, 0.2) is 6.29 Å². The van der Waals surface area contributed by atoms with E-state index in [4.69, 9.17) is 18.9 Å². The molecule has 6 unspecified atom stereocenters. The van der Waals surface area contributed by atoms with E-state index in [1.165, 1.54) is 199 Å². The predicted octanol–water partition coefficient (Wildman–Crippen LogP) is 14.7. The summed E-state index contributed by atoms with van der Waals surface area (Å²) in [5.74, 6) is -0.310. The molecule has 0 radical (unpaired) electrons. The Labute approximate surface area is 412 Å². The van der Waals surface area contributed by atoms with Gasteiger partial charge in [0.05, 0.1) is 19.8 Å². The zero-order chi connectivity index (χ0) is 48.5. The van der Waals surface area contributed by atoms with Crippen LogP contribution in [0.5, 0.6) is 0 Å². The number of esters is 1. The molecular weight excluding hydrogens is 841 g/mol. The number of carbonyl (C=O) groups excluding carboxylic acids is 1. The third-order valence-electron chi connectivity index (χ3n) is 13.3. The van der Waals surface area contributed by atoms with Crippen LogP contribution in [0.15, 0.2) is 36.5 Å². The minimum Gasteiger partial charge on any atom is -0.457 e. The smallest absolute Gasteiger partial charge is 0.306 e. The molecule has 394 valence electrons. The number of allylic oxidation sites excluding steroid dienone is 6. The average Bonchev–Trinajstić information content (AvgIpc) is 3.33. The van der Waals surface area contributed by atoms with Gasteiger partial charge in [-0.25, -0.2) is 0 Å². The third kappa shape index (κ3) is 39.8. The quantitative estimate of drug-likeness (QED) is 0.0267. The maximum Gasteiger partial charge on any atom is 0.306 e. The second-order valence-electron chi connectivity index (χ2n) is 19.7. The molecule has 0 spiro atoms. The molecular formula is C58H108O9. The standard InChI is InChI=1S/C58H108O9/c1-3-5-7-9-11-13-15-17-19-21-23-25-26-27-28-30-32-34-36-38-40-42-44-46-48-64-50-52(51-65-58-57(63)56(62)55(61)53(49-59)67-58)66-54(60)47-45-43-41-39-37-35-33-31-29-24-22-20-18-16-14-12-10-8-6-4-2/h15,17,21,23,26-27,52-53,55-59,61-63H,3-14,16,18-20,22,24-25,28-51H2,1-2H3/b17-15-,23-21-,27-26-. The van der Waals surface area contributed by atoms with E-state index in [9.17, 15) is 25.2 Å². The van der Waals surface area contributed by atoms with Crippen LogP contribution < -0.4 is 0 Å². The van der Waals surface area contributed by atoms with Gasteiger partial charge < -0.3 is 39.4 Å². The summed E-state index contributed by atoms with van der Waals surface area (Å²) in [6.07, 6.45) is 54.7. The minimum atomic E-state index is -1.54. The molecule has 9 nitrogen and oxygen atoms in total. The molecule has 0 amide bonds. The maximum atomic E-state index is 12.9. The molecule has 0 aromatic carbocycles. The molecule has 1 rings (SSSR count). The summed E-state index contributed by atoms with van der Waals surface area (Å²) in [4.78, 5) is 12.9. The minimum absolute atomic E-state index is 0.112. The highest BCUT2D eigenvalue weighted by molar-refractivity contribution is 5.69. The Hall–Kier alpha value is -1.59. The highest BCUT2D eigenvalue weighted by Crippen LogP contribution is 2.23. The summed E-state index contributed by atoms with van der Waals surface area (Å²) >= 11 is 0. The van der Waals surface area contributed by atoms with Gasteiger partial charge >= 0.3 is 5.97 Å². The average molecular weight is 949 g/mol. The molecule has 0 aromatic heterocycles. The summed E-state index contributed by atoms with van der Waals surface area (Å²) in [6.45, 7) is 4.58. The Morgan fingerprint density at radius 3 is 1.30 bits per heavy atom. The van der Waals surface area contributed by atoms with Gasteiger partial charge in [0, 0.05) is 13.0 Å². The Morgan fingerprint density at radius 1 is 0.478 bits per heavy atom. The van der Waals surface area contributed by atoms with Crippen molar-refractivity contribution < 1.29 is 44.2 Å². The van der Waals surface area contributed by atoms with Crippen molar-refractivity contribution in [3.8, 4) is 0 Å². The number of aliphatic hydroxyl groups is 4. The molecule has 1 aliphatic heterocycles. The first-order chi connectivity index (χ1) is 32.9. The number of ether oxygens (including phenoxy) is 4. The highest BCUT2D eigenvalue weighted by Gasteiger charge is 2.44. The molecule has 0 saturated carbocycles. The molecule has 1 fully saturated rings. The second-order valence-corrected chi connectivity index (χ2v) is 19.7. The Balaban J connectivity index is 2.16. The van der Waals surface area contributed by atoms with Gasteiger partial charge in [0.2, 0.25) is 0 Å². The summed E-state index contributed by atoms with van der Waals surface area (Å²) in [5.41, 5.74) is 0. The van der Waals surface area contributed by atoms with Crippen LogP contribution in [-0.2, 0) is 23.7 Å². The predicted molar refractivity (Wildman–Crippen MR) is 279 cm³/mol. The lowest BCUT2D eigenvalue weighted by atomic mass is 9.99. The van der Waals surface area contributed by atoms with Crippen molar-refractivity contribution >= 4 is 5.97 Å². The Morgan fingerprint density at radius 2 is 0.866 bits per heavy atom. The van der Waals surface area contributed by atoms with E-state index in [-0.39, 0.29) is 19.2 Å². The maximum absolute atomic E-state index is 12.9. The van der Waals surface area contributed by atoms with E-state index < -0.39 is 43.4 Å². The molecule has 0 aliphatic carbocycles. The number of carbonyl (C=O) groups is 1. The molecule has 67 heavy (non-hydrogen) atoms. The van der Waals surface area contributed by atoms with Crippen molar-refractivity contribution in [3.05, 3.63) is 36.5 Å². The lowest BCUT2D eigenvalue weighted by Gasteiger charge is -2.39. The highest BCUT2D eigenvalue weighted by atomic mass is 16.7. The Kier molecular flexibility index (Phi) is 46.8. The summed E-state index contributed by atoms with van der Waals surface area (Å²) in [5, 5.41) is 40.3. The first-order valence-electron chi connectivity index (χ1n) is 28.6. The molecule has 9 heteroatoms. The fourth-order valence-corrected chi connectivity index (χ4v) is 8.85. The zero-order valence-electron chi connectivity index (χ0n) is 43.7. The summed E-state index contributed by atoms with van der Waals surface area (Å²) < 4.78 is 23.0. The molecule has 1 heterocycles. The van der Waals surface area contributed by atoms with Gasteiger partial charge in [-0.2, -0.15) is 0 Å². The molecule has 1 aliphatic rings. The number of hydrogen-bond acceptors (Lipinski definition) is 9. The van der Waals surface area contributed by atoms with Crippen molar-refractivity contribution in [3.63, 3.8) is 0 Å². The molecule has 0 bridgehead atoms. The van der Waals surface area contributed by atoms with Crippen LogP contribution in [0.1, 0.15) is 264 Å². The number of unbranched alkanes of at least 4 members (excludes halogenated alkanes) is 33. The van der Waals surface area contributed by atoms with Crippen molar-refractivity contribution in [1.82, 2.24) is 0 Å². The zero-order valence-corrected chi connectivity index (χ0v) is 43.7. The van der Waals surface area contributed by atoms with E-state index in [0.29, 0.717) is 13.0 Å². The van der Waals surface area contributed by atoms with E-state index in [2.05, 4.69) is 50.3 Å². The topological polar surface area (TPSA) is 135 Å². The lowest BCUT2D eigenvalue weighted by molar-refractivity contribution is -0.305. The van der Waals surface area contributed by atoms with Gasteiger partial charge in [-0.05, 0) is 51.4 Å². The van der Waals surface area contributed by atoms with E-state index in [0.717, 1.165) is 44.9 Å². The van der Waals surface area contributed by atoms with Crippen LogP contribution in [0.2, 0.25) is 0 Å². The molecule has 6 atom stereocenters. The van der Waals surface area contributed by atoms with Gasteiger partial charge in [0.1, 0.15) is 30.5 Å². The molecule has 0 aromatic rings. The largest absolute Gasteiger partial charge is 0.457 e. The molecule has 1 saturated heterocycles. The fourth-order valence-electron chi connectivity index (χ4n) is 8.85. The fraction of sp³-hybridized carbons (Fsp3) is 0.879. The van der Waals surface area contributed by atoms with Crippen LogP contribution >= 0.6 is 0 Å². The first kappa shape index (κ1) is 63.4.